The molecule has 0 spiro atoms. The molecule has 19 heavy (non-hydrogen) atoms. The molecular weight excluding hydrogens is 328 g/mol. The van der Waals surface area contributed by atoms with Crippen LogP contribution in [0.3, 0.4) is 0 Å². The second-order valence-corrected chi connectivity index (χ2v) is 5.90. The number of thiocarbonyl (C=S) groups is 1. The van der Waals surface area contributed by atoms with Crippen LogP contribution >= 0.6 is 28.1 Å². The molecule has 2 rings (SSSR count). The average Bonchev–Trinajstić information content (AvgIpc) is 3.14. The first-order chi connectivity index (χ1) is 8.97. The first-order valence-electron chi connectivity index (χ1n) is 6.03. The molecule has 1 aromatic carbocycles. The number of hydrogen-bond donors (Lipinski definition) is 2. The van der Waals surface area contributed by atoms with Crippen molar-refractivity contribution in [3.05, 3.63) is 28.2 Å². The van der Waals surface area contributed by atoms with Gasteiger partial charge in [0.2, 0.25) is 0 Å². The summed E-state index contributed by atoms with van der Waals surface area (Å²) in [5.41, 5.74) is 6.28. The van der Waals surface area contributed by atoms with E-state index >= 15 is 0 Å². The van der Waals surface area contributed by atoms with Crippen molar-refractivity contribution in [1.82, 2.24) is 5.32 Å². The van der Waals surface area contributed by atoms with E-state index in [1.165, 1.54) is 0 Å². The van der Waals surface area contributed by atoms with Crippen LogP contribution in [0, 0.1) is 0 Å². The maximum Gasteiger partial charge on any atom is 0.260 e. The zero-order valence-electron chi connectivity index (χ0n) is 10.5. The van der Waals surface area contributed by atoms with Gasteiger partial charge in [0, 0.05) is 10.5 Å². The van der Waals surface area contributed by atoms with Gasteiger partial charge in [-0.15, -0.1) is 0 Å². The Balaban J connectivity index is 2.08. The van der Waals surface area contributed by atoms with E-state index in [0.717, 1.165) is 17.3 Å². The highest BCUT2D eigenvalue weighted by Crippen LogP contribution is 2.24. The Morgan fingerprint density at radius 1 is 1.58 bits per heavy atom. The van der Waals surface area contributed by atoms with E-state index in [9.17, 15) is 4.79 Å². The number of carbonyl (C=O) groups is 1. The summed E-state index contributed by atoms with van der Waals surface area (Å²) < 4.78 is 6.51. The summed E-state index contributed by atoms with van der Waals surface area (Å²) in [6, 6.07) is 5.67. The van der Waals surface area contributed by atoms with E-state index in [1.807, 2.05) is 6.07 Å². The van der Waals surface area contributed by atoms with E-state index < -0.39 is 6.10 Å². The molecule has 1 aromatic rings. The highest BCUT2D eigenvalue weighted by molar-refractivity contribution is 9.10. The second-order valence-electron chi connectivity index (χ2n) is 4.55. The molecule has 1 atom stereocenters. The van der Waals surface area contributed by atoms with Crippen molar-refractivity contribution in [1.29, 1.82) is 0 Å². The van der Waals surface area contributed by atoms with Crippen molar-refractivity contribution in [3.63, 3.8) is 0 Å². The fraction of sp³-hybridized carbons (Fsp3) is 0.385. The van der Waals surface area contributed by atoms with Gasteiger partial charge in [-0.1, -0.05) is 28.1 Å². The first-order valence-corrected chi connectivity index (χ1v) is 7.24. The Hall–Kier alpha value is -1.14. The van der Waals surface area contributed by atoms with Gasteiger partial charge >= 0.3 is 0 Å². The zero-order chi connectivity index (χ0) is 14.0. The largest absolute Gasteiger partial charge is 0.480 e. The predicted octanol–water partition coefficient (Wildman–Crippen LogP) is 2.13. The molecule has 0 heterocycles. The fourth-order valence-corrected chi connectivity index (χ4v) is 2.11. The highest BCUT2D eigenvalue weighted by Gasteiger charge is 2.26. The van der Waals surface area contributed by atoms with Crippen LogP contribution in [0.15, 0.2) is 22.7 Å². The third-order valence-corrected chi connectivity index (χ3v) is 3.52. The molecule has 1 aliphatic carbocycles. The molecule has 1 fully saturated rings. The minimum Gasteiger partial charge on any atom is -0.480 e. The summed E-state index contributed by atoms with van der Waals surface area (Å²) in [5.74, 6) is 0.411. The Bertz CT molecular complexity index is 517. The number of nitrogens with one attached hydrogen (secondary N) is 1. The smallest absolute Gasteiger partial charge is 0.260 e. The molecule has 0 aromatic heterocycles. The number of benzene rings is 1. The molecule has 0 bridgehead atoms. The van der Waals surface area contributed by atoms with Gasteiger partial charge in [0.15, 0.2) is 6.10 Å². The molecule has 0 saturated heterocycles. The van der Waals surface area contributed by atoms with E-state index in [2.05, 4.69) is 21.2 Å². The fourth-order valence-electron chi connectivity index (χ4n) is 1.59. The van der Waals surface area contributed by atoms with Crippen molar-refractivity contribution in [2.24, 2.45) is 5.73 Å². The lowest BCUT2D eigenvalue weighted by atomic mass is 10.2. The molecular formula is C13H15BrN2O2S. The number of hydrogen-bond acceptors (Lipinski definition) is 3. The molecule has 1 saturated carbocycles. The number of ether oxygens (including phenoxy) is 1. The van der Waals surface area contributed by atoms with Crippen LogP contribution in [0.25, 0.3) is 0 Å². The lowest BCUT2D eigenvalue weighted by Gasteiger charge is -2.17. The van der Waals surface area contributed by atoms with Gasteiger partial charge in [0.1, 0.15) is 10.7 Å². The van der Waals surface area contributed by atoms with Crippen LogP contribution in [-0.4, -0.2) is 23.0 Å². The summed E-state index contributed by atoms with van der Waals surface area (Å²) in [6.45, 7) is 1.71. The normalized spacial score (nSPS) is 15.7. The number of amides is 1. The summed E-state index contributed by atoms with van der Waals surface area (Å²) in [6.07, 6.45) is 1.53. The van der Waals surface area contributed by atoms with Gasteiger partial charge in [0.05, 0.1) is 5.56 Å². The van der Waals surface area contributed by atoms with Crippen LogP contribution in [0.5, 0.6) is 5.75 Å². The first kappa shape index (κ1) is 14.3. The number of nitrogens with two attached hydrogens (primary N) is 1. The number of halogens is 1. The van der Waals surface area contributed by atoms with Crippen molar-refractivity contribution in [2.75, 3.05) is 0 Å². The quantitative estimate of drug-likeness (QED) is 0.804. The van der Waals surface area contributed by atoms with E-state index in [1.54, 1.807) is 19.1 Å². The Morgan fingerprint density at radius 3 is 2.84 bits per heavy atom. The summed E-state index contributed by atoms with van der Waals surface area (Å²) in [7, 11) is 0. The Kier molecular flexibility index (Phi) is 4.42. The maximum absolute atomic E-state index is 11.8. The second kappa shape index (κ2) is 5.88. The predicted molar refractivity (Wildman–Crippen MR) is 81.3 cm³/mol. The maximum atomic E-state index is 11.8. The average molecular weight is 343 g/mol. The minimum absolute atomic E-state index is 0.112. The third kappa shape index (κ3) is 3.91. The van der Waals surface area contributed by atoms with Crippen LogP contribution in [0.2, 0.25) is 0 Å². The van der Waals surface area contributed by atoms with Gasteiger partial charge in [-0.2, -0.15) is 0 Å². The third-order valence-electron chi connectivity index (χ3n) is 2.80. The van der Waals surface area contributed by atoms with Crippen molar-refractivity contribution < 1.29 is 9.53 Å². The van der Waals surface area contributed by atoms with E-state index in [-0.39, 0.29) is 10.9 Å². The highest BCUT2D eigenvalue weighted by atomic mass is 79.9. The van der Waals surface area contributed by atoms with Crippen molar-refractivity contribution >= 4 is 39.0 Å². The lowest BCUT2D eigenvalue weighted by Crippen LogP contribution is -2.37. The van der Waals surface area contributed by atoms with Crippen LogP contribution < -0.4 is 15.8 Å². The number of rotatable bonds is 5. The van der Waals surface area contributed by atoms with Gasteiger partial charge in [-0.05, 0) is 38.0 Å². The standard InChI is InChI=1S/C13H15BrN2O2S/c1-7(13(17)16-9-3-4-9)18-11-5-2-8(14)6-10(11)12(15)19/h2,5-7,9H,3-4H2,1H3,(H2,15,19)(H,16,17). The molecule has 0 radical (unpaired) electrons. The van der Waals surface area contributed by atoms with Gasteiger partial charge < -0.3 is 15.8 Å². The van der Waals surface area contributed by atoms with Crippen LogP contribution in [-0.2, 0) is 4.79 Å². The Labute approximate surface area is 125 Å². The van der Waals surface area contributed by atoms with Gasteiger partial charge in [-0.25, -0.2) is 0 Å². The van der Waals surface area contributed by atoms with Gasteiger partial charge in [-0.3, -0.25) is 4.79 Å². The van der Waals surface area contributed by atoms with E-state index in [4.69, 9.17) is 22.7 Å². The summed E-state index contributed by atoms with van der Waals surface area (Å²) in [5, 5.41) is 2.90. The van der Waals surface area contributed by atoms with Gasteiger partial charge in [0.25, 0.3) is 5.91 Å². The minimum atomic E-state index is -0.574. The molecule has 102 valence electrons. The molecule has 3 N–H and O–H groups in total. The molecule has 0 aliphatic heterocycles. The topological polar surface area (TPSA) is 64.3 Å². The monoisotopic (exact) mass is 342 g/mol. The van der Waals surface area contributed by atoms with E-state index in [0.29, 0.717) is 17.4 Å². The molecule has 1 unspecified atom stereocenters. The SMILES string of the molecule is CC(Oc1ccc(Br)cc1C(N)=S)C(=O)NC1CC1. The van der Waals surface area contributed by atoms with Crippen molar-refractivity contribution in [3.8, 4) is 5.75 Å². The summed E-state index contributed by atoms with van der Waals surface area (Å²) >= 11 is 8.33. The van der Waals surface area contributed by atoms with Crippen molar-refractivity contribution in [2.45, 2.75) is 31.9 Å². The van der Waals surface area contributed by atoms with Crippen LogP contribution in [0.4, 0.5) is 0 Å². The molecule has 1 aliphatic rings. The summed E-state index contributed by atoms with van der Waals surface area (Å²) in [4.78, 5) is 12.1. The molecule has 6 heteroatoms. The van der Waals surface area contributed by atoms with Crippen LogP contribution in [0.1, 0.15) is 25.3 Å². The number of carbonyl (C=O) groups excluding carboxylic acids is 1. The lowest BCUT2D eigenvalue weighted by molar-refractivity contribution is -0.127. The zero-order valence-corrected chi connectivity index (χ0v) is 12.9. The molecule has 4 nitrogen and oxygen atoms in total. The molecule has 1 amide bonds. The Morgan fingerprint density at radius 2 is 2.26 bits per heavy atom.